The zero-order valence-electron chi connectivity index (χ0n) is 9.72. The summed E-state index contributed by atoms with van der Waals surface area (Å²) in [5.74, 6) is 1.00. The number of hydrogen-bond donors (Lipinski definition) is 1. The molecule has 1 aromatic rings. The van der Waals surface area contributed by atoms with E-state index in [-0.39, 0.29) is 13.1 Å². The predicted molar refractivity (Wildman–Crippen MR) is 63.9 cm³/mol. The van der Waals surface area contributed by atoms with Crippen LogP contribution >= 0.6 is 0 Å². The second-order valence-electron chi connectivity index (χ2n) is 3.48. The SMILES string of the molecule is CCCc1c(N)ncnc1N(CC#N)CC#N. The van der Waals surface area contributed by atoms with E-state index in [0.717, 1.165) is 18.4 Å². The van der Waals surface area contributed by atoms with Gasteiger partial charge in [-0.25, -0.2) is 9.97 Å². The van der Waals surface area contributed by atoms with Crippen molar-refractivity contribution in [3.63, 3.8) is 0 Å². The number of nitrogens with two attached hydrogens (primary N) is 1. The smallest absolute Gasteiger partial charge is 0.139 e. The maximum absolute atomic E-state index is 8.74. The summed E-state index contributed by atoms with van der Waals surface area (Å²) < 4.78 is 0. The van der Waals surface area contributed by atoms with Crippen molar-refractivity contribution in [3.8, 4) is 12.1 Å². The number of nitriles is 2. The molecule has 88 valence electrons. The van der Waals surface area contributed by atoms with Crippen LogP contribution in [-0.2, 0) is 6.42 Å². The number of nitrogens with zero attached hydrogens (tertiary/aromatic N) is 5. The molecular formula is C11H14N6. The van der Waals surface area contributed by atoms with Crippen molar-refractivity contribution in [2.24, 2.45) is 0 Å². The summed E-state index contributed by atoms with van der Waals surface area (Å²) in [6.45, 7) is 2.25. The average Bonchev–Trinajstić information content (AvgIpc) is 2.32. The molecule has 0 atom stereocenters. The van der Waals surface area contributed by atoms with Gasteiger partial charge in [0.15, 0.2) is 0 Å². The lowest BCUT2D eigenvalue weighted by Gasteiger charge is -2.20. The molecule has 0 bridgehead atoms. The molecule has 0 aliphatic heterocycles. The Bertz CT molecular complexity index is 440. The normalized spacial score (nSPS) is 9.35. The van der Waals surface area contributed by atoms with Gasteiger partial charge in [0.2, 0.25) is 0 Å². The van der Waals surface area contributed by atoms with Gasteiger partial charge in [0.1, 0.15) is 31.1 Å². The summed E-state index contributed by atoms with van der Waals surface area (Å²) in [5.41, 5.74) is 6.60. The molecule has 0 fully saturated rings. The summed E-state index contributed by atoms with van der Waals surface area (Å²) in [6, 6.07) is 4.03. The molecule has 1 rings (SSSR count). The van der Waals surface area contributed by atoms with Crippen molar-refractivity contribution in [3.05, 3.63) is 11.9 Å². The zero-order chi connectivity index (χ0) is 12.7. The summed E-state index contributed by atoms with van der Waals surface area (Å²) in [5, 5.41) is 17.5. The minimum atomic E-state index is 0.112. The molecule has 0 aliphatic rings. The predicted octanol–water partition coefficient (Wildman–Crippen LogP) is 0.865. The minimum Gasteiger partial charge on any atom is -0.383 e. The van der Waals surface area contributed by atoms with E-state index in [1.807, 2.05) is 19.1 Å². The topological polar surface area (TPSA) is 103 Å². The van der Waals surface area contributed by atoms with Crippen molar-refractivity contribution < 1.29 is 0 Å². The zero-order valence-corrected chi connectivity index (χ0v) is 9.72. The molecular weight excluding hydrogens is 216 g/mol. The summed E-state index contributed by atoms with van der Waals surface area (Å²) in [6.07, 6.45) is 2.98. The lowest BCUT2D eigenvalue weighted by Crippen LogP contribution is -2.26. The van der Waals surface area contributed by atoms with Crippen LogP contribution in [0.4, 0.5) is 11.6 Å². The number of nitrogen functional groups attached to an aromatic ring is 1. The van der Waals surface area contributed by atoms with Gasteiger partial charge in [-0.05, 0) is 6.42 Å². The highest BCUT2D eigenvalue weighted by atomic mass is 15.2. The Labute approximate surface area is 100 Å². The lowest BCUT2D eigenvalue weighted by atomic mass is 10.1. The van der Waals surface area contributed by atoms with Gasteiger partial charge in [-0.1, -0.05) is 13.3 Å². The van der Waals surface area contributed by atoms with Crippen LogP contribution in [0.3, 0.4) is 0 Å². The fraction of sp³-hybridized carbons (Fsp3) is 0.455. The van der Waals surface area contributed by atoms with Crippen molar-refractivity contribution in [2.45, 2.75) is 19.8 Å². The second-order valence-corrected chi connectivity index (χ2v) is 3.48. The molecule has 2 N–H and O–H groups in total. The van der Waals surface area contributed by atoms with Gasteiger partial charge in [-0.15, -0.1) is 0 Å². The number of aromatic nitrogens is 2. The Balaban J connectivity index is 3.14. The molecule has 0 saturated carbocycles. The van der Waals surface area contributed by atoms with Gasteiger partial charge in [-0.2, -0.15) is 10.5 Å². The van der Waals surface area contributed by atoms with E-state index in [2.05, 4.69) is 9.97 Å². The van der Waals surface area contributed by atoms with Gasteiger partial charge in [0.25, 0.3) is 0 Å². The monoisotopic (exact) mass is 230 g/mol. The summed E-state index contributed by atoms with van der Waals surface area (Å²) in [7, 11) is 0. The van der Waals surface area contributed by atoms with Gasteiger partial charge in [0, 0.05) is 5.56 Å². The molecule has 1 aromatic heterocycles. The van der Waals surface area contributed by atoms with E-state index < -0.39 is 0 Å². The fourth-order valence-electron chi connectivity index (χ4n) is 1.55. The molecule has 0 amide bonds. The molecule has 0 radical (unpaired) electrons. The van der Waals surface area contributed by atoms with Crippen LogP contribution in [0.1, 0.15) is 18.9 Å². The first kappa shape index (κ1) is 12.7. The third-order valence-electron chi connectivity index (χ3n) is 2.28. The van der Waals surface area contributed by atoms with Crippen molar-refractivity contribution in [1.82, 2.24) is 9.97 Å². The van der Waals surface area contributed by atoms with Crippen LogP contribution in [0.5, 0.6) is 0 Å². The van der Waals surface area contributed by atoms with E-state index in [1.165, 1.54) is 6.33 Å². The molecule has 6 heteroatoms. The molecule has 0 saturated heterocycles. The van der Waals surface area contributed by atoms with Crippen molar-refractivity contribution in [2.75, 3.05) is 23.7 Å². The quantitative estimate of drug-likeness (QED) is 0.752. The van der Waals surface area contributed by atoms with Crippen LogP contribution in [-0.4, -0.2) is 23.1 Å². The Morgan fingerprint density at radius 1 is 1.29 bits per heavy atom. The highest BCUT2D eigenvalue weighted by molar-refractivity contribution is 5.57. The maximum atomic E-state index is 8.74. The lowest BCUT2D eigenvalue weighted by molar-refractivity contribution is 0.861. The van der Waals surface area contributed by atoms with Crippen LogP contribution in [0, 0.1) is 22.7 Å². The van der Waals surface area contributed by atoms with Crippen LogP contribution in [0.25, 0.3) is 0 Å². The van der Waals surface area contributed by atoms with Crippen LogP contribution in [0.2, 0.25) is 0 Å². The molecule has 17 heavy (non-hydrogen) atoms. The first-order valence-electron chi connectivity index (χ1n) is 5.32. The third-order valence-corrected chi connectivity index (χ3v) is 2.28. The summed E-state index contributed by atoms with van der Waals surface area (Å²) >= 11 is 0. The van der Waals surface area contributed by atoms with E-state index in [0.29, 0.717) is 11.6 Å². The first-order chi connectivity index (χ1) is 8.24. The van der Waals surface area contributed by atoms with E-state index in [4.69, 9.17) is 16.3 Å². The number of hydrogen-bond acceptors (Lipinski definition) is 6. The van der Waals surface area contributed by atoms with Crippen LogP contribution in [0.15, 0.2) is 6.33 Å². The van der Waals surface area contributed by atoms with Crippen molar-refractivity contribution >= 4 is 11.6 Å². The standard InChI is InChI=1S/C11H14N6/c1-2-3-9-10(14)15-8-16-11(9)17(6-4-12)7-5-13/h8H,2-3,6-7H2,1H3,(H2,14,15,16). The third kappa shape index (κ3) is 3.05. The highest BCUT2D eigenvalue weighted by Crippen LogP contribution is 2.22. The largest absolute Gasteiger partial charge is 0.383 e. The van der Waals surface area contributed by atoms with Gasteiger partial charge < -0.3 is 10.6 Å². The molecule has 0 aliphatic carbocycles. The highest BCUT2D eigenvalue weighted by Gasteiger charge is 2.14. The first-order valence-corrected chi connectivity index (χ1v) is 5.32. The summed E-state index contributed by atoms with van der Waals surface area (Å²) in [4.78, 5) is 9.66. The second kappa shape index (κ2) is 6.29. The van der Waals surface area contributed by atoms with E-state index in [1.54, 1.807) is 4.90 Å². The molecule has 0 aromatic carbocycles. The Morgan fingerprint density at radius 3 is 2.47 bits per heavy atom. The molecule has 6 nitrogen and oxygen atoms in total. The number of rotatable bonds is 5. The van der Waals surface area contributed by atoms with Gasteiger partial charge >= 0.3 is 0 Å². The molecule has 0 spiro atoms. The Morgan fingerprint density at radius 2 is 1.94 bits per heavy atom. The van der Waals surface area contributed by atoms with Gasteiger partial charge in [-0.3, -0.25) is 0 Å². The van der Waals surface area contributed by atoms with E-state index in [9.17, 15) is 0 Å². The van der Waals surface area contributed by atoms with Gasteiger partial charge in [0.05, 0.1) is 12.1 Å². The number of anilines is 2. The Kier molecular flexibility index (Phi) is 4.71. The van der Waals surface area contributed by atoms with E-state index >= 15 is 0 Å². The molecule has 1 heterocycles. The minimum absolute atomic E-state index is 0.112. The fourth-order valence-corrected chi connectivity index (χ4v) is 1.55. The average molecular weight is 230 g/mol. The van der Waals surface area contributed by atoms with Crippen LogP contribution < -0.4 is 10.6 Å². The Hall–Kier alpha value is -2.34. The van der Waals surface area contributed by atoms with Crippen molar-refractivity contribution in [1.29, 1.82) is 10.5 Å². The molecule has 0 unspecified atom stereocenters. The maximum Gasteiger partial charge on any atom is 0.139 e.